The van der Waals surface area contributed by atoms with Crippen molar-refractivity contribution in [3.63, 3.8) is 0 Å². The fourth-order valence-corrected chi connectivity index (χ4v) is 6.80. The minimum absolute atomic E-state index is 0.0101. The second-order valence-electron chi connectivity index (χ2n) is 6.72. The lowest BCUT2D eigenvalue weighted by Gasteiger charge is -2.46. The first-order chi connectivity index (χ1) is 12.0. The smallest absolute Gasteiger partial charge is 0.243 e. The van der Waals surface area contributed by atoms with E-state index in [0.29, 0.717) is 18.0 Å². The molecule has 0 bridgehead atoms. The van der Waals surface area contributed by atoms with Crippen LogP contribution in [-0.2, 0) is 10.0 Å². The molecular formula is C18H20N2O3S2. The van der Waals surface area contributed by atoms with Crippen LogP contribution < -0.4 is 4.74 Å². The van der Waals surface area contributed by atoms with Crippen LogP contribution in [0.3, 0.4) is 0 Å². The average Bonchev–Trinajstić information content (AvgIpc) is 2.99. The molecule has 25 heavy (non-hydrogen) atoms. The molecule has 132 valence electrons. The number of hydrogen-bond acceptors (Lipinski definition) is 5. The highest BCUT2D eigenvalue weighted by Crippen LogP contribution is 2.47. The van der Waals surface area contributed by atoms with Gasteiger partial charge in [-0.2, -0.15) is 4.31 Å². The molecular weight excluding hydrogens is 356 g/mol. The number of thioether (sulfide) groups is 1. The first-order valence-electron chi connectivity index (χ1n) is 8.24. The molecule has 0 unspecified atom stereocenters. The first kappa shape index (κ1) is 16.9. The summed E-state index contributed by atoms with van der Waals surface area (Å²) in [5.41, 5.74) is 0.955. The zero-order chi connectivity index (χ0) is 17.5. The standard InChI is InChI=1S/C18H20N2O3S2/c1-14-4-2-6-17(8-14)25(21,22)20-12-18(13-20)9-16(11-24-18)23-15-5-3-7-19-10-15/h2-8,10,16H,9,11-13H2,1H3/t16-/m1/s1. The molecule has 0 radical (unpaired) electrons. The summed E-state index contributed by atoms with van der Waals surface area (Å²) in [7, 11) is -3.40. The Morgan fingerprint density at radius 2 is 2.12 bits per heavy atom. The number of aromatic nitrogens is 1. The maximum atomic E-state index is 12.8. The van der Waals surface area contributed by atoms with Crippen LogP contribution in [0.4, 0.5) is 0 Å². The van der Waals surface area contributed by atoms with Gasteiger partial charge in [0.25, 0.3) is 0 Å². The molecule has 3 heterocycles. The van der Waals surface area contributed by atoms with Crippen molar-refractivity contribution < 1.29 is 13.2 Å². The summed E-state index contributed by atoms with van der Waals surface area (Å²) in [5, 5.41) is 0. The number of benzene rings is 1. The summed E-state index contributed by atoms with van der Waals surface area (Å²) >= 11 is 1.83. The van der Waals surface area contributed by atoms with Crippen LogP contribution in [-0.4, -0.2) is 47.4 Å². The lowest BCUT2D eigenvalue weighted by Crippen LogP contribution is -2.60. The number of rotatable bonds is 4. The number of aryl methyl sites for hydroxylation is 1. The van der Waals surface area contributed by atoms with Gasteiger partial charge in [0, 0.05) is 36.2 Å². The fraction of sp³-hybridized carbons (Fsp3) is 0.389. The van der Waals surface area contributed by atoms with Crippen molar-refractivity contribution >= 4 is 21.8 Å². The van der Waals surface area contributed by atoms with Crippen molar-refractivity contribution in [2.24, 2.45) is 0 Å². The average molecular weight is 377 g/mol. The van der Waals surface area contributed by atoms with E-state index in [-0.39, 0.29) is 10.9 Å². The van der Waals surface area contributed by atoms with Crippen molar-refractivity contribution in [2.75, 3.05) is 18.8 Å². The Labute approximate surface area is 152 Å². The highest BCUT2D eigenvalue weighted by molar-refractivity contribution is 8.01. The molecule has 0 saturated carbocycles. The third-order valence-corrected chi connectivity index (χ3v) is 8.03. The molecule has 0 N–H and O–H groups in total. The van der Waals surface area contributed by atoms with Crippen LogP contribution in [0, 0.1) is 6.92 Å². The third-order valence-electron chi connectivity index (χ3n) is 4.67. The molecule has 1 spiro atoms. The molecule has 2 aromatic rings. The van der Waals surface area contributed by atoms with Gasteiger partial charge in [-0.3, -0.25) is 4.98 Å². The fourth-order valence-electron chi connectivity index (χ4n) is 3.40. The molecule has 7 heteroatoms. The highest BCUT2D eigenvalue weighted by Gasteiger charge is 2.53. The molecule has 0 amide bonds. The van der Waals surface area contributed by atoms with Gasteiger partial charge in [0.2, 0.25) is 10.0 Å². The molecule has 1 aromatic heterocycles. The predicted molar refractivity (Wildman–Crippen MR) is 98.4 cm³/mol. The minimum atomic E-state index is -3.40. The van der Waals surface area contributed by atoms with Gasteiger partial charge in [0.1, 0.15) is 11.9 Å². The summed E-state index contributed by atoms with van der Waals surface area (Å²) in [5.74, 6) is 1.65. The van der Waals surface area contributed by atoms with Gasteiger partial charge in [-0.15, -0.1) is 11.8 Å². The monoisotopic (exact) mass is 376 g/mol. The maximum absolute atomic E-state index is 12.8. The highest BCUT2D eigenvalue weighted by atomic mass is 32.2. The van der Waals surface area contributed by atoms with Crippen LogP contribution in [0.15, 0.2) is 53.7 Å². The Balaban J connectivity index is 1.40. The van der Waals surface area contributed by atoms with E-state index in [2.05, 4.69) is 4.98 Å². The number of hydrogen-bond donors (Lipinski definition) is 0. The van der Waals surface area contributed by atoms with Crippen molar-refractivity contribution in [1.82, 2.24) is 9.29 Å². The van der Waals surface area contributed by atoms with E-state index in [4.69, 9.17) is 4.74 Å². The summed E-state index contributed by atoms with van der Waals surface area (Å²) in [4.78, 5) is 4.45. The third kappa shape index (κ3) is 3.28. The van der Waals surface area contributed by atoms with E-state index in [1.54, 1.807) is 34.9 Å². The van der Waals surface area contributed by atoms with Crippen molar-refractivity contribution in [3.05, 3.63) is 54.4 Å². The van der Waals surface area contributed by atoms with E-state index >= 15 is 0 Å². The first-order valence-corrected chi connectivity index (χ1v) is 10.7. The van der Waals surface area contributed by atoms with Gasteiger partial charge in [-0.1, -0.05) is 12.1 Å². The van der Waals surface area contributed by atoms with Crippen LogP contribution in [0.2, 0.25) is 0 Å². The predicted octanol–water partition coefficient (Wildman–Crippen LogP) is 2.72. The molecule has 2 aliphatic rings. The number of sulfonamides is 1. The Morgan fingerprint density at radius 3 is 2.84 bits per heavy atom. The molecule has 0 aliphatic carbocycles. The number of nitrogens with zero attached hydrogens (tertiary/aromatic N) is 2. The molecule has 2 fully saturated rings. The summed E-state index contributed by atoms with van der Waals surface area (Å²) in [6.45, 7) is 3.02. The van der Waals surface area contributed by atoms with Crippen molar-refractivity contribution in [1.29, 1.82) is 0 Å². The Bertz CT molecular complexity index is 865. The zero-order valence-electron chi connectivity index (χ0n) is 14.0. The normalized spacial score (nSPS) is 22.7. The Hall–Kier alpha value is -1.57. The lowest BCUT2D eigenvalue weighted by molar-refractivity contribution is 0.159. The van der Waals surface area contributed by atoms with E-state index < -0.39 is 10.0 Å². The van der Waals surface area contributed by atoms with E-state index in [1.807, 2.05) is 36.9 Å². The zero-order valence-corrected chi connectivity index (χ0v) is 15.6. The topological polar surface area (TPSA) is 59.5 Å². The van der Waals surface area contributed by atoms with Gasteiger partial charge in [-0.05, 0) is 36.8 Å². The van der Waals surface area contributed by atoms with E-state index in [1.165, 1.54) is 0 Å². The van der Waals surface area contributed by atoms with Gasteiger partial charge < -0.3 is 4.74 Å². The van der Waals surface area contributed by atoms with Crippen LogP contribution >= 0.6 is 11.8 Å². The van der Waals surface area contributed by atoms with E-state index in [9.17, 15) is 8.42 Å². The number of pyridine rings is 1. The molecule has 1 aromatic carbocycles. The summed E-state index contributed by atoms with van der Waals surface area (Å²) < 4.78 is 33.1. The quantitative estimate of drug-likeness (QED) is 0.821. The van der Waals surface area contributed by atoms with Crippen LogP contribution in [0.1, 0.15) is 12.0 Å². The molecule has 5 nitrogen and oxygen atoms in total. The SMILES string of the molecule is Cc1cccc(S(=O)(=O)N2CC3(C[C@@H](Oc4cccnc4)CS3)C2)c1. The largest absolute Gasteiger partial charge is 0.488 e. The molecule has 4 rings (SSSR count). The second-order valence-corrected chi connectivity index (χ2v) is 10.1. The van der Waals surface area contributed by atoms with Gasteiger partial charge in [0.15, 0.2) is 0 Å². The lowest BCUT2D eigenvalue weighted by atomic mass is 9.95. The van der Waals surface area contributed by atoms with Gasteiger partial charge in [0.05, 0.1) is 11.1 Å². The van der Waals surface area contributed by atoms with Crippen molar-refractivity contribution in [2.45, 2.75) is 29.1 Å². The Kier molecular flexibility index (Phi) is 4.25. The summed E-state index contributed by atoms with van der Waals surface area (Å²) in [6.07, 6.45) is 4.41. The van der Waals surface area contributed by atoms with Gasteiger partial charge >= 0.3 is 0 Å². The summed E-state index contributed by atoms with van der Waals surface area (Å²) in [6, 6.07) is 10.9. The van der Waals surface area contributed by atoms with Crippen molar-refractivity contribution in [3.8, 4) is 5.75 Å². The molecule has 1 atom stereocenters. The van der Waals surface area contributed by atoms with Crippen LogP contribution in [0.25, 0.3) is 0 Å². The van der Waals surface area contributed by atoms with Crippen LogP contribution in [0.5, 0.6) is 5.75 Å². The molecule has 2 aliphatic heterocycles. The van der Waals surface area contributed by atoms with E-state index in [0.717, 1.165) is 23.5 Å². The van der Waals surface area contributed by atoms with Gasteiger partial charge in [-0.25, -0.2) is 8.42 Å². The minimum Gasteiger partial charge on any atom is -0.488 e. The molecule has 2 saturated heterocycles. The maximum Gasteiger partial charge on any atom is 0.243 e. The second kappa shape index (κ2) is 6.30. The number of ether oxygens (including phenoxy) is 1. The Morgan fingerprint density at radius 1 is 1.28 bits per heavy atom.